The molecule has 0 aliphatic carbocycles. The SMILES string of the molecule is CC(C)c1ccc(OCCN=C(N)N2CCOCC2)cc1. The van der Waals surface area contributed by atoms with Crippen molar-refractivity contribution < 1.29 is 9.47 Å². The van der Waals surface area contributed by atoms with Crippen molar-refractivity contribution in [3.63, 3.8) is 0 Å². The lowest BCUT2D eigenvalue weighted by Gasteiger charge is -2.27. The Balaban J connectivity index is 1.73. The van der Waals surface area contributed by atoms with Crippen LogP contribution in [0.4, 0.5) is 0 Å². The van der Waals surface area contributed by atoms with Gasteiger partial charge in [0.1, 0.15) is 12.4 Å². The van der Waals surface area contributed by atoms with Gasteiger partial charge in [-0.3, -0.25) is 0 Å². The fourth-order valence-corrected chi connectivity index (χ4v) is 2.17. The van der Waals surface area contributed by atoms with Gasteiger partial charge >= 0.3 is 0 Å². The fourth-order valence-electron chi connectivity index (χ4n) is 2.17. The number of ether oxygens (including phenoxy) is 2. The van der Waals surface area contributed by atoms with E-state index >= 15 is 0 Å². The third-order valence-corrected chi connectivity index (χ3v) is 3.52. The molecular formula is C16H25N3O2. The first kappa shape index (κ1) is 15.6. The molecule has 116 valence electrons. The van der Waals surface area contributed by atoms with Crippen LogP contribution in [0.1, 0.15) is 25.3 Å². The summed E-state index contributed by atoms with van der Waals surface area (Å²) in [5, 5.41) is 0. The maximum absolute atomic E-state index is 5.95. The number of morpholine rings is 1. The minimum atomic E-state index is 0.534. The molecule has 5 heteroatoms. The lowest BCUT2D eigenvalue weighted by Crippen LogP contribution is -2.45. The molecule has 2 N–H and O–H groups in total. The second-order valence-corrected chi connectivity index (χ2v) is 5.41. The zero-order chi connectivity index (χ0) is 15.1. The van der Waals surface area contributed by atoms with E-state index in [1.165, 1.54) is 5.56 Å². The molecule has 0 spiro atoms. The highest BCUT2D eigenvalue weighted by Crippen LogP contribution is 2.18. The predicted molar refractivity (Wildman–Crippen MR) is 84.9 cm³/mol. The molecule has 0 amide bonds. The van der Waals surface area contributed by atoms with Crippen LogP contribution in [-0.2, 0) is 4.74 Å². The Morgan fingerprint density at radius 1 is 1.29 bits per heavy atom. The average Bonchev–Trinajstić information content (AvgIpc) is 2.52. The first-order valence-electron chi connectivity index (χ1n) is 7.52. The Bertz CT molecular complexity index is 451. The molecule has 1 aromatic carbocycles. The van der Waals surface area contributed by atoms with Crippen LogP contribution in [0.25, 0.3) is 0 Å². The molecule has 0 radical (unpaired) electrons. The van der Waals surface area contributed by atoms with Crippen LogP contribution in [0.3, 0.4) is 0 Å². The fraction of sp³-hybridized carbons (Fsp3) is 0.562. The Hall–Kier alpha value is -1.75. The van der Waals surface area contributed by atoms with E-state index in [0.29, 0.717) is 25.0 Å². The van der Waals surface area contributed by atoms with E-state index in [1.54, 1.807) is 0 Å². The van der Waals surface area contributed by atoms with Crippen molar-refractivity contribution >= 4 is 5.96 Å². The molecule has 0 atom stereocenters. The first-order chi connectivity index (χ1) is 10.2. The van der Waals surface area contributed by atoms with E-state index in [1.807, 2.05) is 17.0 Å². The van der Waals surface area contributed by atoms with E-state index in [9.17, 15) is 0 Å². The normalized spacial score (nSPS) is 16.3. The van der Waals surface area contributed by atoms with Gasteiger partial charge in [-0.05, 0) is 23.6 Å². The van der Waals surface area contributed by atoms with Gasteiger partial charge in [-0.2, -0.15) is 0 Å². The Kier molecular flexibility index (Phi) is 5.87. The van der Waals surface area contributed by atoms with Gasteiger partial charge in [-0.15, -0.1) is 0 Å². The van der Waals surface area contributed by atoms with Gasteiger partial charge in [0.15, 0.2) is 5.96 Å². The number of aliphatic imine (C=N–C) groups is 1. The topological polar surface area (TPSA) is 60.1 Å². The van der Waals surface area contributed by atoms with Gasteiger partial charge in [-0.25, -0.2) is 4.99 Å². The molecule has 2 rings (SSSR count). The Morgan fingerprint density at radius 3 is 2.57 bits per heavy atom. The zero-order valence-corrected chi connectivity index (χ0v) is 12.9. The Labute approximate surface area is 126 Å². The minimum Gasteiger partial charge on any atom is -0.492 e. The third kappa shape index (κ3) is 4.93. The summed E-state index contributed by atoms with van der Waals surface area (Å²) in [6.07, 6.45) is 0. The van der Waals surface area contributed by atoms with Gasteiger partial charge in [0, 0.05) is 13.1 Å². The number of nitrogens with two attached hydrogens (primary N) is 1. The van der Waals surface area contributed by atoms with Crippen molar-refractivity contribution in [2.75, 3.05) is 39.5 Å². The number of rotatable bonds is 5. The van der Waals surface area contributed by atoms with Gasteiger partial charge in [-0.1, -0.05) is 26.0 Å². The number of hydrogen-bond acceptors (Lipinski definition) is 3. The van der Waals surface area contributed by atoms with Crippen LogP contribution in [0, 0.1) is 0 Å². The van der Waals surface area contributed by atoms with Crippen LogP contribution in [0.2, 0.25) is 0 Å². The van der Waals surface area contributed by atoms with Crippen molar-refractivity contribution in [3.8, 4) is 5.75 Å². The van der Waals surface area contributed by atoms with E-state index in [-0.39, 0.29) is 0 Å². The molecular weight excluding hydrogens is 266 g/mol. The summed E-state index contributed by atoms with van der Waals surface area (Å²) in [6, 6.07) is 8.21. The number of nitrogens with zero attached hydrogens (tertiary/aromatic N) is 2. The third-order valence-electron chi connectivity index (χ3n) is 3.52. The maximum atomic E-state index is 5.95. The van der Waals surface area contributed by atoms with Crippen molar-refractivity contribution in [1.29, 1.82) is 0 Å². The standard InChI is InChI=1S/C16H25N3O2/c1-13(2)14-3-5-15(6-4-14)21-10-7-18-16(17)19-8-11-20-12-9-19/h3-6,13H,7-12H2,1-2H3,(H2,17,18). The molecule has 21 heavy (non-hydrogen) atoms. The highest BCUT2D eigenvalue weighted by Gasteiger charge is 2.11. The van der Waals surface area contributed by atoms with Gasteiger partial charge in [0.05, 0.1) is 19.8 Å². The second-order valence-electron chi connectivity index (χ2n) is 5.41. The van der Waals surface area contributed by atoms with E-state index in [0.717, 1.165) is 32.1 Å². The van der Waals surface area contributed by atoms with Crippen molar-refractivity contribution in [3.05, 3.63) is 29.8 Å². The summed E-state index contributed by atoms with van der Waals surface area (Å²) in [5.74, 6) is 1.99. The molecule has 1 fully saturated rings. The molecule has 0 unspecified atom stereocenters. The molecule has 1 aromatic rings. The van der Waals surface area contributed by atoms with E-state index in [4.69, 9.17) is 15.2 Å². The second kappa shape index (κ2) is 7.88. The summed E-state index contributed by atoms with van der Waals surface area (Å²) < 4.78 is 11.0. The summed E-state index contributed by atoms with van der Waals surface area (Å²) >= 11 is 0. The highest BCUT2D eigenvalue weighted by molar-refractivity contribution is 5.78. The number of benzene rings is 1. The quantitative estimate of drug-likeness (QED) is 0.511. The molecule has 1 saturated heterocycles. The monoisotopic (exact) mass is 291 g/mol. The predicted octanol–water partition coefficient (Wildman–Crippen LogP) is 1.84. The van der Waals surface area contributed by atoms with Gasteiger partial charge < -0.3 is 20.1 Å². The summed E-state index contributed by atoms with van der Waals surface area (Å²) in [7, 11) is 0. The van der Waals surface area contributed by atoms with Gasteiger partial charge in [0.25, 0.3) is 0 Å². The highest BCUT2D eigenvalue weighted by atomic mass is 16.5. The molecule has 5 nitrogen and oxygen atoms in total. The molecule has 1 aliphatic rings. The summed E-state index contributed by atoms with van der Waals surface area (Å²) in [6.45, 7) is 8.52. The maximum Gasteiger partial charge on any atom is 0.191 e. The number of hydrogen-bond donors (Lipinski definition) is 1. The van der Waals surface area contributed by atoms with Gasteiger partial charge in [0.2, 0.25) is 0 Å². The number of guanidine groups is 1. The van der Waals surface area contributed by atoms with Crippen molar-refractivity contribution in [2.24, 2.45) is 10.7 Å². The summed E-state index contributed by atoms with van der Waals surface area (Å²) in [4.78, 5) is 6.39. The lowest BCUT2D eigenvalue weighted by molar-refractivity contribution is 0.0674. The largest absolute Gasteiger partial charge is 0.492 e. The minimum absolute atomic E-state index is 0.534. The summed E-state index contributed by atoms with van der Waals surface area (Å²) in [5.41, 5.74) is 7.26. The molecule has 0 aromatic heterocycles. The van der Waals surface area contributed by atoms with Crippen LogP contribution in [0.15, 0.2) is 29.3 Å². The zero-order valence-electron chi connectivity index (χ0n) is 12.9. The first-order valence-corrected chi connectivity index (χ1v) is 7.52. The van der Waals surface area contributed by atoms with E-state index in [2.05, 4.69) is 31.0 Å². The molecule has 1 aliphatic heterocycles. The van der Waals surface area contributed by atoms with Crippen molar-refractivity contribution in [2.45, 2.75) is 19.8 Å². The van der Waals surface area contributed by atoms with Crippen LogP contribution in [0.5, 0.6) is 5.75 Å². The lowest BCUT2D eigenvalue weighted by atomic mass is 10.0. The van der Waals surface area contributed by atoms with Crippen LogP contribution < -0.4 is 10.5 Å². The average molecular weight is 291 g/mol. The molecule has 0 saturated carbocycles. The van der Waals surface area contributed by atoms with Crippen LogP contribution >= 0.6 is 0 Å². The van der Waals surface area contributed by atoms with E-state index < -0.39 is 0 Å². The Morgan fingerprint density at radius 2 is 1.95 bits per heavy atom. The molecule has 1 heterocycles. The molecule has 0 bridgehead atoms. The smallest absolute Gasteiger partial charge is 0.191 e. The van der Waals surface area contributed by atoms with Crippen LogP contribution in [-0.4, -0.2) is 50.3 Å². The van der Waals surface area contributed by atoms with Crippen molar-refractivity contribution in [1.82, 2.24) is 4.90 Å².